The zero-order chi connectivity index (χ0) is 56.2. The van der Waals surface area contributed by atoms with Crippen molar-refractivity contribution in [1.82, 2.24) is 0 Å². The smallest absolute Gasteiger partial charge is 0.303 e. The molecule has 3 heterocycles. The zero-order valence-electron chi connectivity index (χ0n) is 45.8. The monoisotopic (exact) mass is 1090 g/mol. The number of benzene rings is 6. The van der Waals surface area contributed by atoms with Gasteiger partial charge in [0, 0.05) is 48.9 Å². The highest BCUT2D eigenvalue weighted by Gasteiger charge is 2.53. The van der Waals surface area contributed by atoms with E-state index in [4.69, 9.17) is 75.8 Å². The number of fused-ring (bicyclic) bond motifs is 3. The van der Waals surface area contributed by atoms with Crippen LogP contribution in [0.4, 0.5) is 0 Å². The van der Waals surface area contributed by atoms with Gasteiger partial charge in [0.25, 0.3) is 0 Å². The molecule has 0 saturated heterocycles. The van der Waals surface area contributed by atoms with Crippen LogP contribution < -0.4 is 56.8 Å². The summed E-state index contributed by atoms with van der Waals surface area (Å²) < 4.78 is 101. The number of rotatable bonds is 18. The van der Waals surface area contributed by atoms with E-state index in [0.29, 0.717) is 62.1 Å². The number of carbonyl (C=O) groups excluding carboxylic acids is 3. The second kappa shape index (κ2) is 23.5. The third-order valence-corrected chi connectivity index (χ3v) is 14.1. The summed E-state index contributed by atoms with van der Waals surface area (Å²) in [5.41, 5.74) is 3.40. The standard InChI is InChI=1S/C60H62O19/c1-30(61)73-54-42-29-41(49(69-9)58(72-12)53(42)78-48(60(54)75-32(3)63)35-17-23-38(66-6)24-18-35)45-39-25-27-43(67-7)55(70-10)50(39)76-46(33-13-19-36(64-4)20-14-33)57(45)79-52-40-26-28-44(68-8)56(71-11)51(40)77-47(59(52)74-31(2)62)34-15-21-37(65-5)22-16-34/h13-29,45-48,52,54,57,59-60H,1-12H3/t45-,46-,47-,48-,52+,54+,57-,59+,60+/m1/s1. The molecule has 0 bridgehead atoms. The van der Waals surface area contributed by atoms with Gasteiger partial charge in [-0.3, -0.25) is 14.4 Å². The Labute approximate surface area is 457 Å². The molecule has 19 nitrogen and oxygen atoms in total. The van der Waals surface area contributed by atoms with Gasteiger partial charge in [-0.15, -0.1) is 0 Å². The fraction of sp³-hybridized carbons (Fsp3) is 0.350. The summed E-state index contributed by atoms with van der Waals surface area (Å²) in [6.07, 6.45) is -9.22. The second-order valence-corrected chi connectivity index (χ2v) is 18.5. The van der Waals surface area contributed by atoms with Gasteiger partial charge >= 0.3 is 17.9 Å². The van der Waals surface area contributed by atoms with Gasteiger partial charge in [-0.05, 0) is 77.4 Å². The lowest BCUT2D eigenvalue weighted by atomic mass is 9.77. The van der Waals surface area contributed by atoms with E-state index in [1.54, 1.807) is 94.1 Å². The van der Waals surface area contributed by atoms with Gasteiger partial charge in [0.05, 0.1) is 64.0 Å². The number of hydrogen-bond acceptors (Lipinski definition) is 19. The predicted octanol–water partition coefficient (Wildman–Crippen LogP) is 9.89. The van der Waals surface area contributed by atoms with E-state index < -0.39 is 72.7 Å². The molecule has 0 aromatic heterocycles. The maximum absolute atomic E-state index is 13.5. The number of ether oxygens (including phenoxy) is 16. The SMILES string of the molecule is COc1ccc([C@H]2Oc3c(ccc(OC)c3OC)[C@H](c3cc4c(c(OC)c3OC)O[C@H](c3ccc(OC)cc3)[C@H](OC(C)=O)[C@H]4OC(C)=O)[C@H]2O[C@H]2c3ccc(OC)c(OC)c3O[C@H](c3ccc(OC)cc3)[C@@H]2OC(C)=O)cc1. The van der Waals surface area contributed by atoms with Gasteiger partial charge in [-0.2, -0.15) is 0 Å². The molecule has 0 aliphatic carbocycles. The van der Waals surface area contributed by atoms with Crippen LogP contribution in [0.15, 0.2) is 103 Å². The highest BCUT2D eigenvalue weighted by Crippen LogP contribution is 2.61. The first-order valence-electron chi connectivity index (χ1n) is 25.1. The van der Waals surface area contributed by atoms with Crippen molar-refractivity contribution < 1.29 is 90.2 Å². The fourth-order valence-corrected chi connectivity index (χ4v) is 10.7. The van der Waals surface area contributed by atoms with E-state index in [-0.39, 0.29) is 45.8 Å². The van der Waals surface area contributed by atoms with Crippen molar-refractivity contribution >= 4 is 17.9 Å². The third kappa shape index (κ3) is 10.4. The Kier molecular flexibility index (Phi) is 16.4. The maximum Gasteiger partial charge on any atom is 0.303 e. The molecule has 0 amide bonds. The van der Waals surface area contributed by atoms with Crippen LogP contribution >= 0.6 is 0 Å². The van der Waals surface area contributed by atoms with Crippen molar-refractivity contribution in [2.75, 3.05) is 64.0 Å². The Balaban J connectivity index is 1.36. The lowest BCUT2D eigenvalue weighted by Crippen LogP contribution is -2.45. The molecule has 9 rings (SSSR count). The number of esters is 3. The number of carbonyl (C=O) groups is 3. The summed E-state index contributed by atoms with van der Waals surface area (Å²) >= 11 is 0. The average molecular weight is 1090 g/mol. The quantitative estimate of drug-likeness (QED) is 0.0581. The highest BCUT2D eigenvalue weighted by atomic mass is 16.6. The van der Waals surface area contributed by atoms with E-state index in [2.05, 4.69) is 0 Å². The maximum atomic E-state index is 13.5. The van der Waals surface area contributed by atoms with Crippen LogP contribution in [-0.4, -0.2) is 100 Å². The normalized spacial score (nSPS) is 21.5. The van der Waals surface area contributed by atoms with Crippen molar-refractivity contribution in [2.24, 2.45) is 0 Å². The largest absolute Gasteiger partial charge is 0.497 e. The molecule has 0 radical (unpaired) electrons. The van der Waals surface area contributed by atoms with Crippen molar-refractivity contribution in [3.63, 3.8) is 0 Å². The van der Waals surface area contributed by atoms with Gasteiger partial charge in [0.1, 0.15) is 29.5 Å². The molecule has 0 spiro atoms. The summed E-state index contributed by atoms with van der Waals surface area (Å²) in [7, 11) is 13.6. The summed E-state index contributed by atoms with van der Waals surface area (Å²) in [5.74, 6) is 0.950. The summed E-state index contributed by atoms with van der Waals surface area (Å²) in [6, 6.07) is 30.3. The van der Waals surface area contributed by atoms with E-state index in [0.717, 1.165) is 0 Å². The minimum Gasteiger partial charge on any atom is -0.497 e. The summed E-state index contributed by atoms with van der Waals surface area (Å²) in [6.45, 7) is 3.83. The molecular formula is C60H62O19. The van der Waals surface area contributed by atoms with Crippen LogP contribution in [0.5, 0.6) is 69.0 Å². The van der Waals surface area contributed by atoms with Gasteiger partial charge in [-0.1, -0.05) is 42.5 Å². The Morgan fingerprint density at radius 2 is 0.734 bits per heavy atom. The lowest BCUT2D eigenvalue weighted by molar-refractivity contribution is -0.186. The molecule has 0 unspecified atom stereocenters. The Morgan fingerprint density at radius 3 is 1.13 bits per heavy atom. The Hall–Kier alpha value is -8.71. The van der Waals surface area contributed by atoms with Gasteiger partial charge in [0.15, 0.2) is 71.1 Å². The second-order valence-electron chi connectivity index (χ2n) is 18.5. The van der Waals surface area contributed by atoms with Crippen LogP contribution in [0.3, 0.4) is 0 Å². The van der Waals surface area contributed by atoms with Crippen LogP contribution in [0, 0.1) is 0 Å². The fourth-order valence-electron chi connectivity index (χ4n) is 10.7. The zero-order valence-corrected chi connectivity index (χ0v) is 45.8. The van der Waals surface area contributed by atoms with E-state index in [9.17, 15) is 14.4 Å². The summed E-state index contributed by atoms with van der Waals surface area (Å²) in [5, 5.41) is 0. The van der Waals surface area contributed by atoms with Crippen molar-refractivity contribution in [2.45, 2.75) is 75.5 Å². The number of methoxy groups -OCH3 is 9. The van der Waals surface area contributed by atoms with Crippen LogP contribution in [0.25, 0.3) is 0 Å². The van der Waals surface area contributed by atoms with E-state index in [1.807, 2.05) is 30.3 Å². The minimum absolute atomic E-state index is 0.103. The molecular weight excluding hydrogens is 1020 g/mol. The minimum atomic E-state index is -1.30. The summed E-state index contributed by atoms with van der Waals surface area (Å²) in [4.78, 5) is 40.1. The first-order chi connectivity index (χ1) is 38.2. The molecule has 416 valence electrons. The Morgan fingerprint density at radius 1 is 0.354 bits per heavy atom. The van der Waals surface area contributed by atoms with Gasteiger partial charge < -0.3 is 75.8 Å². The third-order valence-electron chi connectivity index (χ3n) is 14.1. The molecule has 79 heavy (non-hydrogen) atoms. The molecule has 6 aromatic carbocycles. The van der Waals surface area contributed by atoms with Gasteiger partial charge in [-0.25, -0.2) is 0 Å². The van der Waals surface area contributed by atoms with E-state index in [1.165, 1.54) is 63.4 Å². The number of hydrogen-bond donors (Lipinski definition) is 0. The molecule has 0 fully saturated rings. The highest BCUT2D eigenvalue weighted by molar-refractivity contribution is 5.71. The average Bonchev–Trinajstić information content (AvgIpc) is 3.53. The first kappa shape index (κ1) is 55.1. The van der Waals surface area contributed by atoms with Crippen LogP contribution in [-0.2, 0) is 33.3 Å². The lowest BCUT2D eigenvalue weighted by Gasteiger charge is -2.46. The van der Waals surface area contributed by atoms with Crippen LogP contribution in [0.1, 0.15) is 96.2 Å². The van der Waals surface area contributed by atoms with Crippen molar-refractivity contribution in [3.8, 4) is 69.0 Å². The molecule has 6 aromatic rings. The van der Waals surface area contributed by atoms with Crippen molar-refractivity contribution in [3.05, 3.63) is 142 Å². The molecule has 19 heteroatoms. The molecule has 0 N–H and O–H groups in total. The van der Waals surface area contributed by atoms with Crippen LogP contribution in [0.2, 0.25) is 0 Å². The first-order valence-corrected chi connectivity index (χ1v) is 25.1. The molecule has 9 atom stereocenters. The van der Waals surface area contributed by atoms with E-state index >= 15 is 0 Å². The molecule has 3 aliphatic heterocycles. The molecule has 0 saturated carbocycles. The van der Waals surface area contributed by atoms with Gasteiger partial charge in [0.2, 0.25) is 17.2 Å². The predicted molar refractivity (Wildman–Crippen MR) is 283 cm³/mol. The van der Waals surface area contributed by atoms with Crippen molar-refractivity contribution in [1.29, 1.82) is 0 Å². The topological polar surface area (TPSA) is 199 Å². The molecule has 3 aliphatic rings. The Bertz CT molecular complexity index is 3180.